The number of ether oxygens (including phenoxy) is 1. The zero-order chi connectivity index (χ0) is 16.9. The summed E-state index contributed by atoms with van der Waals surface area (Å²) < 4.78 is 5.49. The topological polar surface area (TPSA) is 61.8 Å². The maximum Gasteiger partial charge on any atom is 0.221 e. The second-order valence-corrected chi connectivity index (χ2v) is 8.12. The fourth-order valence-electron chi connectivity index (χ4n) is 4.86. The van der Waals surface area contributed by atoms with Crippen LogP contribution in [0.25, 0.3) is 0 Å². The normalized spacial score (nSPS) is 27.5. The van der Waals surface area contributed by atoms with E-state index in [9.17, 15) is 9.90 Å². The molecule has 0 radical (unpaired) electrons. The van der Waals surface area contributed by atoms with Gasteiger partial charge < -0.3 is 15.2 Å². The lowest BCUT2D eigenvalue weighted by Crippen LogP contribution is -2.54. The lowest BCUT2D eigenvalue weighted by atomic mass is 9.89. The van der Waals surface area contributed by atoms with E-state index in [0.29, 0.717) is 13.0 Å². The van der Waals surface area contributed by atoms with E-state index in [1.165, 1.54) is 25.7 Å². The van der Waals surface area contributed by atoms with E-state index in [1.54, 1.807) is 0 Å². The van der Waals surface area contributed by atoms with E-state index in [1.807, 2.05) is 0 Å². The molecule has 0 atom stereocenters. The number of rotatable bonds is 5. The highest BCUT2D eigenvalue weighted by Crippen LogP contribution is 2.38. The predicted octanol–water partition coefficient (Wildman–Crippen LogP) is 2.22. The molecule has 0 unspecified atom stereocenters. The van der Waals surface area contributed by atoms with Crippen LogP contribution >= 0.6 is 0 Å². The summed E-state index contributed by atoms with van der Waals surface area (Å²) in [5.41, 5.74) is -0.659. The van der Waals surface area contributed by atoms with Gasteiger partial charge in [-0.3, -0.25) is 9.69 Å². The third kappa shape index (κ3) is 4.50. The van der Waals surface area contributed by atoms with Gasteiger partial charge in [-0.15, -0.1) is 0 Å². The summed E-state index contributed by atoms with van der Waals surface area (Å²) in [4.78, 5) is 15.1. The number of hydrogen-bond acceptors (Lipinski definition) is 4. The van der Waals surface area contributed by atoms with E-state index < -0.39 is 5.60 Å². The number of hydrogen-bond donors (Lipinski definition) is 2. The van der Waals surface area contributed by atoms with E-state index in [0.717, 1.165) is 64.8 Å². The maximum atomic E-state index is 12.6. The molecule has 138 valence electrons. The largest absolute Gasteiger partial charge is 0.388 e. The molecule has 2 N–H and O–H groups in total. The fourth-order valence-corrected chi connectivity index (χ4v) is 4.86. The molecule has 1 aliphatic heterocycles. The second-order valence-electron chi connectivity index (χ2n) is 8.12. The van der Waals surface area contributed by atoms with E-state index >= 15 is 0 Å². The maximum absolute atomic E-state index is 12.6. The first kappa shape index (κ1) is 18.2. The minimum Gasteiger partial charge on any atom is -0.388 e. The van der Waals surface area contributed by atoms with Crippen molar-refractivity contribution in [2.75, 3.05) is 32.8 Å². The standard InChI is InChI=1S/C19H34N2O3/c22-17(20-16-19(23)9-3-1-2-4-10-19)15-18(7-5-6-8-18)21-11-13-24-14-12-21/h23H,1-16H2,(H,20,22). The van der Waals surface area contributed by atoms with Gasteiger partial charge in [-0.05, 0) is 25.7 Å². The van der Waals surface area contributed by atoms with Gasteiger partial charge in [-0.25, -0.2) is 0 Å². The molecule has 1 saturated heterocycles. The molecule has 3 aliphatic rings. The molecule has 2 saturated carbocycles. The van der Waals surface area contributed by atoms with E-state index in [4.69, 9.17) is 4.74 Å². The first-order valence-electron chi connectivity index (χ1n) is 9.94. The Morgan fingerprint density at radius 3 is 2.17 bits per heavy atom. The summed E-state index contributed by atoms with van der Waals surface area (Å²) >= 11 is 0. The smallest absolute Gasteiger partial charge is 0.221 e. The molecule has 5 heteroatoms. The van der Waals surface area contributed by atoms with Crippen LogP contribution in [-0.4, -0.2) is 59.9 Å². The molecule has 1 amide bonds. The Kier molecular flexibility index (Phi) is 6.17. The molecule has 0 spiro atoms. The number of morpholine rings is 1. The number of aliphatic hydroxyl groups is 1. The first-order valence-corrected chi connectivity index (χ1v) is 9.94. The number of amides is 1. The van der Waals surface area contributed by atoms with Crippen molar-refractivity contribution in [1.82, 2.24) is 10.2 Å². The number of carbonyl (C=O) groups excluding carboxylic acids is 1. The van der Waals surface area contributed by atoms with Crippen molar-refractivity contribution in [3.63, 3.8) is 0 Å². The van der Waals surface area contributed by atoms with Gasteiger partial charge in [0.15, 0.2) is 0 Å². The van der Waals surface area contributed by atoms with Crippen molar-refractivity contribution < 1.29 is 14.6 Å². The molecule has 0 aromatic rings. The molecular weight excluding hydrogens is 304 g/mol. The zero-order valence-electron chi connectivity index (χ0n) is 15.0. The van der Waals surface area contributed by atoms with Gasteiger partial charge in [0.05, 0.1) is 18.8 Å². The highest BCUT2D eigenvalue weighted by molar-refractivity contribution is 5.77. The Labute approximate surface area is 146 Å². The second kappa shape index (κ2) is 8.15. The fraction of sp³-hybridized carbons (Fsp3) is 0.947. The van der Waals surface area contributed by atoms with Crippen molar-refractivity contribution in [2.45, 2.75) is 81.8 Å². The molecule has 24 heavy (non-hydrogen) atoms. The average Bonchev–Trinajstić information content (AvgIpc) is 2.96. The minimum absolute atomic E-state index is 0.0277. The number of nitrogens with one attached hydrogen (secondary N) is 1. The molecule has 0 aromatic carbocycles. The molecule has 1 heterocycles. The Morgan fingerprint density at radius 1 is 0.958 bits per heavy atom. The minimum atomic E-state index is -0.687. The summed E-state index contributed by atoms with van der Waals surface area (Å²) in [5.74, 6) is 0.112. The summed E-state index contributed by atoms with van der Waals surface area (Å²) in [6.07, 6.45) is 11.4. The van der Waals surface area contributed by atoms with Crippen molar-refractivity contribution in [1.29, 1.82) is 0 Å². The van der Waals surface area contributed by atoms with Crippen LogP contribution in [0, 0.1) is 0 Å². The van der Waals surface area contributed by atoms with E-state index in [2.05, 4.69) is 10.2 Å². The van der Waals surface area contributed by atoms with Crippen LogP contribution in [0.5, 0.6) is 0 Å². The van der Waals surface area contributed by atoms with Gasteiger partial charge in [-0.2, -0.15) is 0 Å². The van der Waals surface area contributed by atoms with Gasteiger partial charge in [-0.1, -0.05) is 38.5 Å². The van der Waals surface area contributed by atoms with Crippen LogP contribution in [-0.2, 0) is 9.53 Å². The summed E-state index contributed by atoms with van der Waals surface area (Å²) in [6, 6.07) is 0. The molecule has 5 nitrogen and oxygen atoms in total. The molecule has 0 bridgehead atoms. The van der Waals surface area contributed by atoms with Crippen molar-refractivity contribution in [3.05, 3.63) is 0 Å². The van der Waals surface area contributed by atoms with Gasteiger partial charge >= 0.3 is 0 Å². The van der Waals surface area contributed by atoms with Crippen LogP contribution in [0.15, 0.2) is 0 Å². The van der Waals surface area contributed by atoms with Crippen LogP contribution in [0.4, 0.5) is 0 Å². The third-order valence-electron chi connectivity index (χ3n) is 6.35. The molecule has 0 aromatic heterocycles. The number of carbonyl (C=O) groups is 1. The SMILES string of the molecule is O=C(CC1(N2CCOCC2)CCCC1)NCC1(O)CCCCCC1. The third-order valence-corrected chi connectivity index (χ3v) is 6.35. The van der Waals surface area contributed by atoms with Gasteiger partial charge in [0.25, 0.3) is 0 Å². The molecular formula is C19H34N2O3. The monoisotopic (exact) mass is 338 g/mol. The molecule has 3 fully saturated rings. The van der Waals surface area contributed by atoms with Crippen LogP contribution in [0.3, 0.4) is 0 Å². The van der Waals surface area contributed by atoms with Gasteiger partial charge in [0.2, 0.25) is 5.91 Å². The van der Waals surface area contributed by atoms with Crippen LogP contribution in [0.2, 0.25) is 0 Å². The Hall–Kier alpha value is -0.650. The predicted molar refractivity (Wildman–Crippen MR) is 93.9 cm³/mol. The summed E-state index contributed by atoms with van der Waals surface area (Å²) in [7, 11) is 0. The van der Waals surface area contributed by atoms with E-state index in [-0.39, 0.29) is 11.4 Å². The van der Waals surface area contributed by atoms with Crippen molar-refractivity contribution in [2.24, 2.45) is 0 Å². The lowest BCUT2D eigenvalue weighted by molar-refractivity contribution is -0.126. The van der Waals surface area contributed by atoms with Crippen molar-refractivity contribution in [3.8, 4) is 0 Å². The Morgan fingerprint density at radius 2 is 1.54 bits per heavy atom. The summed E-state index contributed by atoms with van der Waals surface area (Å²) in [5, 5.41) is 13.8. The average molecular weight is 338 g/mol. The highest BCUT2D eigenvalue weighted by Gasteiger charge is 2.42. The van der Waals surface area contributed by atoms with Crippen LogP contribution in [0.1, 0.15) is 70.6 Å². The quantitative estimate of drug-likeness (QED) is 0.755. The highest BCUT2D eigenvalue weighted by atomic mass is 16.5. The Bertz CT molecular complexity index is 407. The lowest BCUT2D eigenvalue weighted by Gasteiger charge is -2.43. The van der Waals surface area contributed by atoms with Crippen molar-refractivity contribution >= 4 is 5.91 Å². The number of nitrogens with zero attached hydrogens (tertiary/aromatic N) is 1. The molecule has 2 aliphatic carbocycles. The zero-order valence-corrected chi connectivity index (χ0v) is 15.0. The summed E-state index contributed by atoms with van der Waals surface area (Å²) in [6.45, 7) is 3.87. The van der Waals surface area contributed by atoms with Gasteiger partial charge in [0.1, 0.15) is 0 Å². The van der Waals surface area contributed by atoms with Gasteiger partial charge in [0, 0.05) is 31.6 Å². The first-order chi connectivity index (χ1) is 11.6. The molecule has 3 rings (SSSR count). The Balaban J connectivity index is 1.53. The van der Waals surface area contributed by atoms with Crippen LogP contribution < -0.4 is 5.32 Å².